The summed E-state index contributed by atoms with van der Waals surface area (Å²) in [5.74, 6) is 0.268. The van der Waals surface area contributed by atoms with Crippen LogP contribution in [0.1, 0.15) is 18.4 Å². The highest BCUT2D eigenvalue weighted by Crippen LogP contribution is 2.17. The van der Waals surface area contributed by atoms with Crippen molar-refractivity contribution >= 4 is 10.2 Å². The fourth-order valence-electron chi connectivity index (χ4n) is 2.08. The molecule has 0 bridgehead atoms. The number of hydrogen-bond donors (Lipinski definition) is 3. The van der Waals surface area contributed by atoms with Crippen molar-refractivity contribution in [2.45, 2.75) is 19.4 Å². The average molecular weight is 273 g/mol. The molecule has 1 unspecified atom stereocenters. The summed E-state index contributed by atoms with van der Waals surface area (Å²) in [5, 5.41) is 6.42. The Kier molecular flexibility index (Phi) is 4.33. The number of nitrogens with two attached hydrogens (primary N) is 1. The molecule has 0 amide bonds. The number of hydrogen-bond acceptors (Lipinski definition) is 4. The summed E-state index contributed by atoms with van der Waals surface area (Å²) in [6, 6.07) is 0. The van der Waals surface area contributed by atoms with Gasteiger partial charge in [-0.2, -0.15) is 22.5 Å². The molecule has 1 aliphatic heterocycles. The number of piperidine rings is 1. The van der Waals surface area contributed by atoms with E-state index in [9.17, 15) is 8.42 Å². The standard InChI is InChI=1S/C10H19N5O2S/c11-4-9-2-1-3-15(8-9)18(16,17)14-7-10-5-12-13-6-10/h5-6,9,14H,1-4,7-8,11H2,(H,12,13). The second-order valence-electron chi connectivity index (χ2n) is 4.53. The van der Waals surface area contributed by atoms with Gasteiger partial charge < -0.3 is 5.73 Å². The molecule has 1 atom stereocenters. The van der Waals surface area contributed by atoms with Gasteiger partial charge in [-0.25, -0.2) is 0 Å². The molecule has 0 spiro atoms. The maximum Gasteiger partial charge on any atom is 0.279 e. The van der Waals surface area contributed by atoms with Crippen molar-refractivity contribution in [2.24, 2.45) is 11.7 Å². The largest absolute Gasteiger partial charge is 0.330 e. The van der Waals surface area contributed by atoms with Crippen LogP contribution in [-0.2, 0) is 16.8 Å². The normalized spacial score (nSPS) is 22.2. The van der Waals surface area contributed by atoms with Gasteiger partial charge in [-0.05, 0) is 25.3 Å². The van der Waals surface area contributed by atoms with Gasteiger partial charge in [-0.3, -0.25) is 5.10 Å². The highest BCUT2D eigenvalue weighted by molar-refractivity contribution is 7.87. The average Bonchev–Trinajstić information content (AvgIpc) is 2.90. The summed E-state index contributed by atoms with van der Waals surface area (Å²) in [7, 11) is -3.42. The fourth-order valence-corrected chi connectivity index (χ4v) is 3.39. The van der Waals surface area contributed by atoms with E-state index in [1.807, 2.05) is 0 Å². The van der Waals surface area contributed by atoms with Crippen molar-refractivity contribution < 1.29 is 8.42 Å². The Balaban J connectivity index is 1.93. The molecule has 1 aromatic heterocycles. The van der Waals surface area contributed by atoms with Gasteiger partial charge in [-0.15, -0.1) is 0 Å². The topological polar surface area (TPSA) is 104 Å². The number of nitrogens with zero attached hydrogens (tertiary/aromatic N) is 2. The first-order valence-electron chi connectivity index (χ1n) is 6.04. The summed E-state index contributed by atoms with van der Waals surface area (Å²) >= 11 is 0. The number of H-pyrrole nitrogens is 1. The maximum absolute atomic E-state index is 12.1. The van der Waals surface area contributed by atoms with Gasteiger partial charge >= 0.3 is 0 Å². The predicted molar refractivity (Wildman–Crippen MR) is 67.7 cm³/mol. The predicted octanol–water partition coefficient (Wildman–Crippen LogP) is -0.585. The molecule has 1 aromatic rings. The minimum atomic E-state index is -3.42. The second-order valence-corrected chi connectivity index (χ2v) is 6.29. The molecule has 18 heavy (non-hydrogen) atoms. The Bertz CT molecular complexity index is 459. The molecule has 1 aliphatic rings. The van der Waals surface area contributed by atoms with Gasteiger partial charge in [0.2, 0.25) is 0 Å². The third-order valence-electron chi connectivity index (χ3n) is 3.17. The van der Waals surface area contributed by atoms with Crippen LogP contribution >= 0.6 is 0 Å². The van der Waals surface area contributed by atoms with Crippen LogP contribution < -0.4 is 10.5 Å². The van der Waals surface area contributed by atoms with Crippen molar-refractivity contribution in [1.82, 2.24) is 19.2 Å². The smallest absolute Gasteiger partial charge is 0.279 e. The maximum atomic E-state index is 12.1. The van der Waals surface area contributed by atoms with Crippen LogP contribution in [0.2, 0.25) is 0 Å². The molecule has 0 aliphatic carbocycles. The number of nitrogens with one attached hydrogen (secondary N) is 2. The van der Waals surface area contributed by atoms with Crippen LogP contribution in [0.25, 0.3) is 0 Å². The second kappa shape index (κ2) is 5.79. The zero-order chi connectivity index (χ0) is 13.0. The van der Waals surface area contributed by atoms with Crippen molar-refractivity contribution in [1.29, 1.82) is 0 Å². The van der Waals surface area contributed by atoms with Crippen LogP contribution in [0.5, 0.6) is 0 Å². The van der Waals surface area contributed by atoms with E-state index in [1.54, 1.807) is 12.4 Å². The van der Waals surface area contributed by atoms with E-state index >= 15 is 0 Å². The van der Waals surface area contributed by atoms with Gasteiger partial charge in [0.05, 0.1) is 6.20 Å². The monoisotopic (exact) mass is 273 g/mol. The lowest BCUT2D eigenvalue weighted by Crippen LogP contribution is -2.47. The molecule has 0 radical (unpaired) electrons. The SMILES string of the molecule is NCC1CCCN(S(=O)(=O)NCc2cn[nH]c2)C1. The highest BCUT2D eigenvalue weighted by Gasteiger charge is 2.27. The molecule has 0 saturated carbocycles. The zero-order valence-corrected chi connectivity index (χ0v) is 11.0. The Labute approximate surface area is 107 Å². The van der Waals surface area contributed by atoms with E-state index in [0.29, 0.717) is 19.6 Å². The summed E-state index contributed by atoms with van der Waals surface area (Å²) in [6.07, 6.45) is 5.14. The summed E-state index contributed by atoms with van der Waals surface area (Å²) in [5.41, 5.74) is 6.42. The molecule has 2 rings (SSSR count). The van der Waals surface area contributed by atoms with Gasteiger partial charge in [0.15, 0.2) is 0 Å². The molecular weight excluding hydrogens is 254 g/mol. The van der Waals surface area contributed by atoms with Crippen LogP contribution in [-0.4, -0.2) is 42.6 Å². The van der Waals surface area contributed by atoms with Crippen LogP contribution in [0.3, 0.4) is 0 Å². The van der Waals surface area contributed by atoms with E-state index in [0.717, 1.165) is 18.4 Å². The molecule has 4 N–H and O–H groups in total. The Hall–Kier alpha value is -0.960. The summed E-state index contributed by atoms with van der Waals surface area (Å²) in [6.45, 7) is 1.87. The molecule has 0 aromatic carbocycles. The Morgan fingerprint density at radius 1 is 1.61 bits per heavy atom. The number of aromatic amines is 1. The van der Waals surface area contributed by atoms with E-state index in [2.05, 4.69) is 14.9 Å². The minimum absolute atomic E-state index is 0.253. The van der Waals surface area contributed by atoms with Gasteiger partial charge in [0, 0.05) is 31.4 Å². The van der Waals surface area contributed by atoms with Crippen molar-refractivity contribution in [3.05, 3.63) is 18.0 Å². The Morgan fingerprint density at radius 3 is 3.11 bits per heavy atom. The first-order valence-corrected chi connectivity index (χ1v) is 7.48. The molecule has 1 saturated heterocycles. The first-order chi connectivity index (χ1) is 8.62. The third-order valence-corrected chi connectivity index (χ3v) is 4.69. The summed E-state index contributed by atoms with van der Waals surface area (Å²) in [4.78, 5) is 0. The van der Waals surface area contributed by atoms with Gasteiger partial charge in [0.25, 0.3) is 10.2 Å². The van der Waals surface area contributed by atoms with Gasteiger partial charge in [-0.1, -0.05) is 0 Å². The third kappa shape index (κ3) is 3.29. The highest BCUT2D eigenvalue weighted by atomic mass is 32.2. The summed E-state index contributed by atoms with van der Waals surface area (Å²) < 4.78 is 28.2. The Morgan fingerprint density at radius 2 is 2.44 bits per heavy atom. The number of rotatable bonds is 5. The van der Waals surface area contributed by atoms with Crippen molar-refractivity contribution in [2.75, 3.05) is 19.6 Å². The lowest BCUT2D eigenvalue weighted by Gasteiger charge is -2.31. The van der Waals surface area contributed by atoms with E-state index in [-0.39, 0.29) is 12.5 Å². The van der Waals surface area contributed by atoms with Gasteiger partial charge in [0.1, 0.15) is 0 Å². The molecule has 8 heteroatoms. The van der Waals surface area contributed by atoms with Crippen molar-refractivity contribution in [3.8, 4) is 0 Å². The zero-order valence-electron chi connectivity index (χ0n) is 10.2. The quantitative estimate of drug-likeness (QED) is 0.667. The van der Waals surface area contributed by atoms with E-state index < -0.39 is 10.2 Å². The van der Waals surface area contributed by atoms with E-state index in [1.165, 1.54) is 4.31 Å². The van der Waals surface area contributed by atoms with Crippen molar-refractivity contribution in [3.63, 3.8) is 0 Å². The molecule has 102 valence electrons. The van der Waals surface area contributed by atoms with Crippen LogP contribution in [0.4, 0.5) is 0 Å². The molecule has 1 fully saturated rings. The molecule has 7 nitrogen and oxygen atoms in total. The minimum Gasteiger partial charge on any atom is -0.330 e. The fraction of sp³-hybridized carbons (Fsp3) is 0.700. The number of aromatic nitrogens is 2. The first kappa shape index (κ1) is 13.5. The van der Waals surface area contributed by atoms with Crippen LogP contribution in [0, 0.1) is 5.92 Å². The van der Waals surface area contributed by atoms with E-state index in [4.69, 9.17) is 5.73 Å². The lowest BCUT2D eigenvalue weighted by molar-refractivity contribution is 0.268. The molecular formula is C10H19N5O2S. The molecule has 2 heterocycles. The lowest BCUT2D eigenvalue weighted by atomic mass is 10.0. The van der Waals surface area contributed by atoms with Crippen LogP contribution in [0.15, 0.2) is 12.4 Å².